The molecule has 0 spiro atoms. The van der Waals surface area contributed by atoms with E-state index in [0.29, 0.717) is 23.7 Å². The Morgan fingerprint density at radius 1 is 1.36 bits per heavy atom. The van der Waals surface area contributed by atoms with Crippen molar-refractivity contribution in [3.8, 4) is 11.5 Å². The molecule has 0 aliphatic carbocycles. The minimum absolute atomic E-state index is 0.123. The number of aromatic nitrogens is 3. The fourth-order valence-corrected chi connectivity index (χ4v) is 1.75. The van der Waals surface area contributed by atoms with Crippen LogP contribution in [0.15, 0.2) is 28.1 Å². The molecule has 0 saturated heterocycles. The molecule has 10 heteroatoms. The lowest BCUT2D eigenvalue weighted by Crippen LogP contribution is -2.20. The number of benzene rings is 1. The summed E-state index contributed by atoms with van der Waals surface area (Å²) in [7, 11) is 0. The molecule has 1 amide bonds. The smallest absolute Gasteiger partial charge is 0.274 e. The van der Waals surface area contributed by atoms with Gasteiger partial charge in [-0.25, -0.2) is 5.43 Å². The largest absolute Gasteiger partial charge is 0.490 e. The van der Waals surface area contributed by atoms with Crippen molar-refractivity contribution in [3.05, 3.63) is 39.8 Å². The van der Waals surface area contributed by atoms with E-state index in [4.69, 9.17) is 15.2 Å². The Hall–Kier alpha value is -3.43. The van der Waals surface area contributed by atoms with Crippen molar-refractivity contribution in [2.75, 3.05) is 18.6 Å². The number of rotatable bonds is 8. The highest BCUT2D eigenvalue weighted by Gasteiger charge is 2.07. The van der Waals surface area contributed by atoms with Crippen LogP contribution in [0.25, 0.3) is 0 Å². The number of nitrogens with zero attached hydrogens (tertiary/aromatic N) is 3. The van der Waals surface area contributed by atoms with Gasteiger partial charge in [0.25, 0.3) is 11.5 Å². The first-order valence-corrected chi connectivity index (χ1v) is 7.40. The van der Waals surface area contributed by atoms with Gasteiger partial charge in [-0.15, -0.1) is 10.2 Å². The van der Waals surface area contributed by atoms with Crippen molar-refractivity contribution in [3.63, 3.8) is 0 Å². The summed E-state index contributed by atoms with van der Waals surface area (Å²) in [6.07, 6.45) is 1.50. The van der Waals surface area contributed by atoms with Crippen LogP contribution >= 0.6 is 0 Å². The second-order valence-corrected chi connectivity index (χ2v) is 4.85. The van der Waals surface area contributed by atoms with Crippen molar-refractivity contribution in [2.45, 2.75) is 13.8 Å². The standard InChI is InChI=1S/C15H18N6O4/c1-3-24-12-6-10(4-5-11(12)25-8-13(16)22)7-17-20-15-18-14(23)9(2)19-21-15/h4-7H,3,8H2,1-2H3,(H2,16,22)(H2,18,20,21,23)/b17-7+. The highest BCUT2D eigenvalue weighted by atomic mass is 16.5. The summed E-state index contributed by atoms with van der Waals surface area (Å²) in [5, 5.41) is 11.4. The predicted octanol–water partition coefficient (Wildman–Crippen LogP) is 0.182. The van der Waals surface area contributed by atoms with E-state index in [1.807, 2.05) is 6.92 Å². The number of H-pyrrole nitrogens is 1. The Morgan fingerprint density at radius 3 is 2.84 bits per heavy atom. The van der Waals surface area contributed by atoms with E-state index < -0.39 is 5.91 Å². The van der Waals surface area contributed by atoms with Crippen LogP contribution in [0.2, 0.25) is 0 Å². The van der Waals surface area contributed by atoms with Crippen LogP contribution in [-0.4, -0.2) is 40.5 Å². The molecule has 0 unspecified atom stereocenters. The van der Waals surface area contributed by atoms with Gasteiger partial charge in [-0.05, 0) is 37.6 Å². The fraction of sp³-hybridized carbons (Fsp3) is 0.267. The number of hydrazone groups is 1. The van der Waals surface area contributed by atoms with Crippen LogP contribution in [0.4, 0.5) is 5.95 Å². The van der Waals surface area contributed by atoms with Gasteiger partial charge in [-0.2, -0.15) is 5.10 Å². The van der Waals surface area contributed by atoms with Gasteiger partial charge in [0.2, 0.25) is 5.95 Å². The highest BCUT2D eigenvalue weighted by Crippen LogP contribution is 2.28. The minimum Gasteiger partial charge on any atom is -0.490 e. The van der Waals surface area contributed by atoms with Gasteiger partial charge >= 0.3 is 0 Å². The average molecular weight is 346 g/mol. The van der Waals surface area contributed by atoms with Gasteiger partial charge in [-0.1, -0.05) is 0 Å². The number of hydrogen-bond acceptors (Lipinski definition) is 8. The van der Waals surface area contributed by atoms with E-state index >= 15 is 0 Å². The molecule has 1 heterocycles. The number of carbonyl (C=O) groups is 1. The van der Waals surface area contributed by atoms with Crippen molar-refractivity contribution < 1.29 is 14.3 Å². The summed E-state index contributed by atoms with van der Waals surface area (Å²) in [4.78, 5) is 24.7. The van der Waals surface area contributed by atoms with E-state index in [1.165, 1.54) is 6.21 Å². The first-order chi connectivity index (χ1) is 12.0. The second-order valence-electron chi connectivity index (χ2n) is 4.85. The molecule has 4 N–H and O–H groups in total. The van der Waals surface area contributed by atoms with Crippen molar-refractivity contribution in [1.29, 1.82) is 0 Å². The monoisotopic (exact) mass is 346 g/mol. The number of ether oxygens (including phenoxy) is 2. The molecule has 25 heavy (non-hydrogen) atoms. The predicted molar refractivity (Wildman–Crippen MR) is 90.9 cm³/mol. The SMILES string of the molecule is CCOc1cc(/C=N/Nc2nnc(C)c(=O)[nH]2)ccc1OCC(N)=O. The molecule has 0 aliphatic rings. The number of anilines is 1. The number of nitrogens with two attached hydrogens (primary N) is 1. The van der Waals surface area contributed by atoms with Gasteiger partial charge < -0.3 is 15.2 Å². The summed E-state index contributed by atoms with van der Waals surface area (Å²) < 4.78 is 10.8. The zero-order valence-corrected chi connectivity index (χ0v) is 13.8. The summed E-state index contributed by atoms with van der Waals surface area (Å²) in [5.74, 6) is 0.402. The summed E-state index contributed by atoms with van der Waals surface area (Å²) in [5.41, 5.74) is 8.26. The first kappa shape index (κ1) is 17.9. The molecule has 132 valence electrons. The van der Waals surface area contributed by atoms with Crippen LogP contribution in [0, 0.1) is 6.92 Å². The van der Waals surface area contributed by atoms with Gasteiger partial charge in [-0.3, -0.25) is 14.6 Å². The third-order valence-electron chi connectivity index (χ3n) is 2.88. The molecule has 0 atom stereocenters. The molecule has 0 radical (unpaired) electrons. The molecular formula is C15H18N6O4. The van der Waals surface area contributed by atoms with Crippen LogP contribution in [-0.2, 0) is 4.79 Å². The fourth-order valence-electron chi connectivity index (χ4n) is 1.75. The number of hydrogen-bond donors (Lipinski definition) is 3. The lowest BCUT2D eigenvalue weighted by atomic mass is 10.2. The van der Waals surface area contributed by atoms with Gasteiger partial charge in [0.1, 0.15) is 5.69 Å². The Morgan fingerprint density at radius 2 is 2.16 bits per heavy atom. The van der Waals surface area contributed by atoms with Gasteiger partial charge in [0.15, 0.2) is 18.1 Å². The first-order valence-electron chi connectivity index (χ1n) is 7.40. The zero-order chi connectivity index (χ0) is 18.2. The van der Waals surface area contributed by atoms with Crippen molar-refractivity contribution >= 4 is 18.1 Å². The summed E-state index contributed by atoms with van der Waals surface area (Å²) in [6.45, 7) is 3.56. The lowest BCUT2D eigenvalue weighted by molar-refractivity contribution is -0.119. The molecule has 2 aromatic rings. The molecule has 1 aromatic carbocycles. The third-order valence-corrected chi connectivity index (χ3v) is 2.88. The topological polar surface area (TPSA) is 145 Å². The summed E-state index contributed by atoms with van der Waals surface area (Å²) in [6, 6.07) is 5.05. The number of nitrogens with one attached hydrogen (secondary N) is 2. The molecule has 0 aliphatic heterocycles. The third kappa shape index (κ3) is 5.30. The highest BCUT2D eigenvalue weighted by molar-refractivity contribution is 5.81. The lowest BCUT2D eigenvalue weighted by Gasteiger charge is -2.11. The van der Waals surface area contributed by atoms with E-state index in [1.54, 1.807) is 25.1 Å². The van der Waals surface area contributed by atoms with Crippen LogP contribution in [0.1, 0.15) is 18.2 Å². The van der Waals surface area contributed by atoms with E-state index in [-0.39, 0.29) is 23.8 Å². The molecule has 10 nitrogen and oxygen atoms in total. The molecular weight excluding hydrogens is 328 g/mol. The molecule has 0 fully saturated rings. The number of aromatic amines is 1. The molecule has 2 rings (SSSR count). The van der Waals surface area contributed by atoms with Crippen molar-refractivity contribution in [1.82, 2.24) is 15.2 Å². The molecule has 0 saturated carbocycles. The number of aryl methyl sites for hydroxylation is 1. The van der Waals surface area contributed by atoms with E-state index in [0.717, 1.165) is 0 Å². The Balaban J connectivity index is 2.10. The second kappa shape index (κ2) is 8.43. The quantitative estimate of drug-likeness (QED) is 0.457. The van der Waals surface area contributed by atoms with Gasteiger partial charge in [0, 0.05) is 0 Å². The molecule has 1 aromatic heterocycles. The number of carbonyl (C=O) groups excluding carboxylic acids is 1. The van der Waals surface area contributed by atoms with E-state index in [2.05, 4.69) is 25.7 Å². The van der Waals surface area contributed by atoms with Crippen LogP contribution < -0.4 is 26.2 Å². The number of primary amides is 1. The summed E-state index contributed by atoms with van der Waals surface area (Å²) >= 11 is 0. The number of amides is 1. The van der Waals surface area contributed by atoms with Crippen LogP contribution in [0.3, 0.4) is 0 Å². The average Bonchev–Trinajstić information content (AvgIpc) is 2.57. The Kier molecular flexibility index (Phi) is 6.04. The zero-order valence-electron chi connectivity index (χ0n) is 13.8. The van der Waals surface area contributed by atoms with Gasteiger partial charge in [0.05, 0.1) is 12.8 Å². The Labute approximate surface area is 143 Å². The Bertz CT molecular complexity index is 833. The van der Waals surface area contributed by atoms with Crippen LogP contribution in [0.5, 0.6) is 11.5 Å². The maximum absolute atomic E-state index is 11.4. The maximum Gasteiger partial charge on any atom is 0.274 e. The normalized spacial score (nSPS) is 10.6. The van der Waals surface area contributed by atoms with Crippen molar-refractivity contribution in [2.24, 2.45) is 10.8 Å². The van der Waals surface area contributed by atoms with E-state index in [9.17, 15) is 9.59 Å². The molecule has 0 bridgehead atoms. The maximum atomic E-state index is 11.4. The minimum atomic E-state index is -0.578.